The molecule has 8 heteroatoms. The van der Waals surface area contributed by atoms with Crippen LogP contribution in [0.3, 0.4) is 0 Å². The van der Waals surface area contributed by atoms with Gasteiger partial charge in [0, 0.05) is 6.54 Å². The van der Waals surface area contributed by atoms with Crippen LogP contribution in [0, 0.1) is 17.2 Å². The molecule has 2 rings (SSSR count). The summed E-state index contributed by atoms with van der Waals surface area (Å²) in [6.07, 6.45) is -4.45. The van der Waals surface area contributed by atoms with Crippen molar-refractivity contribution in [3.63, 3.8) is 0 Å². The van der Waals surface area contributed by atoms with Gasteiger partial charge in [0.2, 0.25) is 0 Å². The average Bonchev–Trinajstić information content (AvgIpc) is 2.68. The van der Waals surface area contributed by atoms with E-state index in [4.69, 9.17) is 10.00 Å². The zero-order valence-electron chi connectivity index (χ0n) is 16.1. The SMILES string of the molecule is CC(C)C(NC(=O)NCc1cccc(OCC#N)c1)c1cccc(C(F)(F)F)c1. The minimum atomic E-state index is -4.45. The Labute approximate surface area is 167 Å². The van der Waals surface area contributed by atoms with Crippen molar-refractivity contribution < 1.29 is 22.7 Å². The molecule has 0 aliphatic carbocycles. The highest BCUT2D eigenvalue weighted by atomic mass is 19.4. The van der Waals surface area contributed by atoms with E-state index in [2.05, 4.69) is 10.6 Å². The lowest BCUT2D eigenvalue weighted by atomic mass is 9.94. The Bertz CT molecular complexity index is 876. The van der Waals surface area contributed by atoms with E-state index in [0.717, 1.165) is 17.7 Å². The molecule has 0 bridgehead atoms. The minimum absolute atomic E-state index is 0.0789. The molecule has 0 saturated heterocycles. The summed E-state index contributed by atoms with van der Waals surface area (Å²) in [7, 11) is 0. The van der Waals surface area contributed by atoms with Crippen molar-refractivity contribution in [2.75, 3.05) is 6.61 Å². The van der Waals surface area contributed by atoms with Crippen LogP contribution in [-0.2, 0) is 12.7 Å². The zero-order chi connectivity index (χ0) is 21.4. The van der Waals surface area contributed by atoms with Crippen LogP contribution in [-0.4, -0.2) is 12.6 Å². The first kappa shape index (κ1) is 22.1. The molecule has 0 heterocycles. The number of alkyl halides is 3. The maximum Gasteiger partial charge on any atom is 0.416 e. The molecule has 5 nitrogen and oxygen atoms in total. The van der Waals surface area contributed by atoms with Crippen molar-refractivity contribution in [3.8, 4) is 11.8 Å². The molecule has 2 aromatic carbocycles. The quantitative estimate of drug-likeness (QED) is 0.695. The van der Waals surface area contributed by atoms with Crippen molar-refractivity contribution in [3.05, 3.63) is 65.2 Å². The number of carbonyl (C=O) groups excluding carboxylic acids is 1. The summed E-state index contributed by atoms with van der Waals surface area (Å²) < 4.78 is 44.2. The first-order valence-electron chi connectivity index (χ1n) is 9.01. The zero-order valence-corrected chi connectivity index (χ0v) is 16.1. The summed E-state index contributed by atoms with van der Waals surface area (Å²) in [5.41, 5.74) is 0.393. The number of nitriles is 1. The first-order valence-corrected chi connectivity index (χ1v) is 9.01. The third-order valence-corrected chi connectivity index (χ3v) is 4.18. The molecule has 0 saturated carbocycles. The molecular weight excluding hydrogens is 383 g/mol. The molecule has 1 atom stereocenters. The number of nitrogens with zero attached hydrogens (tertiary/aromatic N) is 1. The van der Waals surface area contributed by atoms with Gasteiger partial charge in [0.05, 0.1) is 11.6 Å². The van der Waals surface area contributed by atoms with E-state index in [1.807, 2.05) is 19.9 Å². The van der Waals surface area contributed by atoms with Gasteiger partial charge in [0.15, 0.2) is 6.61 Å². The normalized spacial score (nSPS) is 12.2. The van der Waals surface area contributed by atoms with E-state index in [1.54, 1.807) is 30.3 Å². The van der Waals surface area contributed by atoms with Gasteiger partial charge in [-0.05, 0) is 41.3 Å². The van der Waals surface area contributed by atoms with Crippen LogP contribution < -0.4 is 15.4 Å². The second kappa shape index (κ2) is 9.82. The molecule has 0 aliphatic heterocycles. The van der Waals surface area contributed by atoms with Gasteiger partial charge in [-0.3, -0.25) is 0 Å². The summed E-state index contributed by atoms with van der Waals surface area (Å²) in [5.74, 6) is 0.391. The molecule has 0 aromatic heterocycles. The molecule has 2 aromatic rings. The molecule has 0 spiro atoms. The van der Waals surface area contributed by atoms with Gasteiger partial charge in [-0.25, -0.2) is 4.79 Å². The van der Waals surface area contributed by atoms with Crippen LogP contribution in [0.5, 0.6) is 5.75 Å². The summed E-state index contributed by atoms with van der Waals surface area (Å²) >= 11 is 0. The number of hydrogen-bond donors (Lipinski definition) is 2. The van der Waals surface area contributed by atoms with Crippen LogP contribution in [0.15, 0.2) is 48.5 Å². The van der Waals surface area contributed by atoms with Gasteiger partial charge in [-0.15, -0.1) is 0 Å². The number of nitrogens with one attached hydrogen (secondary N) is 2. The standard InChI is InChI=1S/C21H22F3N3O2/c1-14(2)19(16-6-4-7-17(12-16)21(22,23)24)27-20(28)26-13-15-5-3-8-18(11-15)29-10-9-25/h3-8,11-12,14,19H,10,13H2,1-2H3,(H2,26,27,28). The summed E-state index contributed by atoms with van der Waals surface area (Å²) in [6.45, 7) is 3.76. The lowest BCUT2D eigenvalue weighted by Crippen LogP contribution is -2.39. The number of benzene rings is 2. The number of rotatable bonds is 7. The Kier molecular flexibility index (Phi) is 7.48. The Balaban J connectivity index is 2.03. The van der Waals surface area contributed by atoms with Crippen molar-refractivity contribution in [2.24, 2.45) is 5.92 Å². The summed E-state index contributed by atoms with van der Waals surface area (Å²) in [4.78, 5) is 12.3. The Morgan fingerprint density at radius 1 is 1.17 bits per heavy atom. The Hall–Kier alpha value is -3.21. The smallest absolute Gasteiger partial charge is 0.416 e. The fraction of sp³-hybridized carbons (Fsp3) is 0.333. The molecule has 2 N–H and O–H groups in total. The average molecular weight is 405 g/mol. The topological polar surface area (TPSA) is 74.2 Å². The largest absolute Gasteiger partial charge is 0.479 e. The minimum Gasteiger partial charge on any atom is -0.479 e. The maximum atomic E-state index is 13.0. The fourth-order valence-corrected chi connectivity index (χ4v) is 2.78. The predicted octanol–water partition coefficient (Wildman–Crippen LogP) is 4.80. The molecule has 2 amide bonds. The fourth-order valence-electron chi connectivity index (χ4n) is 2.78. The molecule has 0 fully saturated rings. The van der Waals surface area contributed by atoms with Crippen LogP contribution in [0.4, 0.5) is 18.0 Å². The molecule has 0 radical (unpaired) electrons. The number of urea groups is 1. The number of carbonyl (C=O) groups is 1. The highest BCUT2D eigenvalue weighted by Crippen LogP contribution is 2.32. The Morgan fingerprint density at radius 3 is 2.55 bits per heavy atom. The van der Waals surface area contributed by atoms with Gasteiger partial charge in [-0.1, -0.05) is 38.1 Å². The Morgan fingerprint density at radius 2 is 1.90 bits per heavy atom. The number of halogens is 3. The summed E-state index contributed by atoms with van der Waals surface area (Å²) in [6, 6.07) is 12.7. The molecule has 29 heavy (non-hydrogen) atoms. The maximum absolute atomic E-state index is 13.0. The monoisotopic (exact) mass is 405 g/mol. The van der Waals surface area contributed by atoms with E-state index >= 15 is 0 Å². The second-order valence-electron chi connectivity index (χ2n) is 6.77. The van der Waals surface area contributed by atoms with E-state index < -0.39 is 23.8 Å². The van der Waals surface area contributed by atoms with Crippen molar-refractivity contribution >= 4 is 6.03 Å². The molecule has 154 valence electrons. The second-order valence-corrected chi connectivity index (χ2v) is 6.77. The van der Waals surface area contributed by atoms with E-state index in [1.165, 1.54) is 6.07 Å². The lowest BCUT2D eigenvalue weighted by Gasteiger charge is -2.24. The summed E-state index contributed by atoms with van der Waals surface area (Å²) in [5, 5.41) is 14.0. The van der Waals surface area contributed by atoms with Gasteiger partial charge >= 0.3 is 12.2 Å². The van der Waals surface area contributed by atoms with Crippen LogP contribution in [0.1, 0.15) is 36.6 Å². The predicted molar refractivity (Wildman–Crippen MR) is 102 cm³/mol. The van der Waals surface area contributed by atoms with Gasteiger partial charge in [0.25, 0.3) is 0 Å². The van der Waals surface area contributed by atoms with Gasteiger partial charge in [0.1, 0.15) is 11.8 Å². The van der Waals surface area contributed by atoms with Crippen LogP contribution in [0.2, 0.25) is 0 Å². The molecular formula is C21H22F3N3O2. The van der Waals surface area contributed by atoms with E-state index in [0.29, 0.717) is 11.3 Å². The third-order valence-electron chi connectivity index (χ3n) is 4.18. The molecule has 0 aliphatic rings. The van der Waals surface area contributed by atoms with E-state index in [-0.39, 0.29) is 19.1 Å². The van der Waals surface area contributed by atoms with Crippen molar-refractivity contribution in [1.82, 2.24) is 10.6 Å². The number of amides is 2. The van der Waals surface area contributed by atoms with Crippen molar-refractivity contribution in [2.45, 2.75) is 32.6 Å². The highest BCUT2D eigenvalue weighted by Gasteiger charge is 2.31. The number of ether oxygens (including phenoxy) is 1. The number of hydrogen-bond acceptors (Lipinski definition) is 3. The molecule has 1 unspecified atom stereocenters. The van der Waals surface area contributed by atoms with Crippen molar-refractivity contribution in [1.29, 1.82) is 5.26 Å². The third kappa shape index (κ3) is 6.71. The highest BCUT2D eigenvalue weighted by molar-refractivity contribution is 5.74. The van der Waals surface area contributed by atoms with Gasteiger partial charge in [-0.2, -0.15) is 18.4 Å². The van der Waals surface area contributed by atoms with E-state index in [9.17, 15) is 18.0 Å². The van der Waals surface area contributed by atoms with Crippen LogP contribution in [0.25, 0.3) is 0 Å². The first-order chi connectivity index (χ1) is 13.7. The van der Waals surface area contributed by atoms with Crippen LogP contribution >= 0.6 is 0 Å². The van der Waals surface area contributed by atoms with Gasteiger partial charge < -0.3 is 15.4 Å². The lowest BCUT2D eigenvalue weighted by molar-refractivity contribution is -0.137.